The highest BCUT2D eigenvalue weighted by atomic mass is 16.5. The summed E-state index contributed by atoms with van der Waals surface area (Å²) in [7, 11) is 1.65. The molecule has 3 amide bonds. The molecule has 3 rings (SSSR count). The van der Waals surface area contributed by atoms with Gasteiger partial charge < -0.3 is 20.3 Å². The molecular formula is C24H31N3O3. The average Bonchev–Trinajstić information content (AvgIpc) is 3.12. The lowest BCUT2D eigenvalue weighted by Gasteiger charge is -2.30. The van der Waals surface area contributed by atoms with Gasteiger partial charge in [0.15, 0.2) is 0 Å². The Balaban J connectivity index is 1.71. The largest absolute Gasteiger partial charge is 0.385 e. The molecule has 1 heterocycles. The summed E-state index contributed by atoms with van der Waals surface area (Å²) in [5.41, 5.74) is 4.26. The van der Waals surface area contributed by atoms with Crippen molar-refractivity contribution in [2.75, 3.05) is 32.1 Å². The van der Waals surface area contributed by atoms with Gasteiger partial charge >= 0.3 is 6.03 Å². The van der Waals surface area contributed by atoms with E-state index in [4.69, 9.17) is 4.74 Å². The van der Waals surface area contributed by atoms with Crippen LogP contribution in [0.3, 0.4) is 0 Å². The van der Waals surface area contributed by atoms with Gasteiger partial charge in [0, 0.05) is 38.1 Å². The molecule has 1 atom stereocenters. The molecule has 1 saturated heterocycles. The molecule has 1 aliphatic heterocycles. The lowest BCUT2D eigenvalue weighted by Crippen LogP contribution is -2.53. The second-order valence-electron chi connectivity index (χ2n) is 8.25. The third-order valence-corrected chi connectivity index (χ3v) is 5.83. The molecule has 6 nitrogen and oxygen atoms in total. The first-order valence-electron chi connectivity index (χ1n) is 10.3. The number of carbonyl (C=O) groups excluding carboxylic acids is 2. The van der Waals surface area contributed by atoms with Crippen LogP contribution in [0.5, 0.6) is 0 Å². The number of anilines is 1. The topological polar surface area (TPSA) is 70.7 Å². The van der Waals surface area contributed by atoms with E-state index in [2.05, 4.69) is 10.6 Å². The number of benzene rings is 2. The van der Waals surface area contributed by atoms with Gasteiger partial charge in [0.05, 0.1) is 5.54 Å². The van der Waals surface area contributed by atoms with E-state index in [-0.39, 0.29) is 11.9 Å². The summed E-state index contributed by atoms with van der Waals surface area (Å²) in [5, 5.41) is 6.03. The van der Waals surface area contributed by atoms with Gasteiger partial charge in [-0.1, -0.05) is 18.2 Å². The molecule has 30 heavy (non-hydrogen) atoms. The van der Waals surface area contributed by atoms with Crippen molar-refractivity contribution >= 4 is 17.6 Å². The number of urea groups is 1. The molecule has 2 aromatic rings. The molecule has 2 aromatic carbocycles. The molecule has 1 unspecified atom stereocenters. The predicted molar refractivity (Wildman–Crippen MR) is 119 cm³/mol. The quantitative estimate of drug-likeness (QED) is 0.756. The lowest BCUT2D eigenvalue weighted by molar-refractivity contribution is 0.0772. The number of nitrogens with one attached hydrogen (secondary N) is 2. The van der Waals surface area contributed by atoms with Crippen LogP contribution in [0.15, 0.2) is 42.5 Å². The average molecular weight is 410 g/mol. The number of methoxy groups -OCH3 is 1. The maximum atomic E-state index is 13.1. The van der Waals surface area contributed by atoms with Crippen molar-refractivity contribution in [3.63, 3.8) is 0 Å². The SMILES string of the molecule is COCCC1(NC(=O)Nc2cccc(C)c2)CCN(C(=O)c2ccc(C)c(C)c2)C1. The van der Waals surface area contributed by atoms with Gasteiger partial charge in [-0.3, -0.25) is 4.79 Å². The fourth-order valence-electron chi connectivity index (χ4n) is 3.89. The van der Waals surface area contributed by atoms with Gasteiger partial charge in [0.1, 0.15) is 0 Å². The lowest BCUT2D eigenvalue weighted by atomic mass is 9.94. The molecule has 6 heteroatoms. The summed E-state index contributed by atoms with van der Waals surface area (Å²) in [5.74, 6) is -0.00159. The van der Waals surface area contributed by atoms with Crippen LogP contribution in [0.4, 0.5) is 10.5 Å². The second-order valence-corrected chi connectivity index (χ2v) is 8.25. The van der Waals surface area contributed by atoms with Crippen LogP contribution in [-0.2, 0) is 4.74 Å². The number of hydrogen-bond donors (Lipinski definition) is 2. The summed E-state index contributed by atoms with van der Waals surface area (Å²) in [6.07, 6.45) is 1.33. The molecule has 0 saturated carbocycles. The third kappa shape index (κ3) is 5.19. The van der Waals surface area contributed by atoms with Crippen LogP contribution in [0, 0.1) is 20.8 Å². The number of hydrogen-bond acceptors (Lipinski definition) is 3. The minimum atomic E-state index is -0.515. The molecular weight excluding hydrogens is 378 g/mol. The number of amides is 3. The monoisotopic (exact) mass is 409 g/mol. The Hall–Kier alpha value is -2.86. The van der Waals surface area contributed by atoms with Crippen molar-refractivity contribution in [1.82, 2.24) is 10.2 Å². The highest BCUT2D eigenvalue weighted by molar-refractivity contribution is 5.95. The van der Waals surface area contributed by atoms with E-state index in [1.165, 1.54) is 0 Å². The molecule has 2 N–H and O–H groups in total. The van der Waals surface area contributed by atoms with Crippen molar-refractivity contribution in [2.24, 2.45) is 0 Å². The van der Waals surface area contributed by atoms with E-state index >= 15 is 0 Å². The number of nitrogens with zero attached hydrogens (tertiary/aromatic N) is 1. The van der Waals surface area contributed by atoms with Gasteiger partial charge in [0.2, 0.25) is 0 Å². The molecule has 0 bridgehead atoms. The molecule has 160 valence electrons. The van der Waals surface area contributed by atoms with Crippen molar-refractivity contribution < 1.29 is 14.3 Å². The van der Waals surface area contributed by atoms with E-state index in [1.807, 2.05) is 68.1 Å². The molecule has 0 radical (unpaired) electrons. The fourth-order valence-corrected chi connectivity index (χ4v) is 3.89. The third-order valence-electron chi connectivity index (χ3n) is 5.83. The highest BCUT2D eigenvalue weighted by Gasteiger charge is 2.41. The predicted octanol–water partition coefficient (Wildman–Crippen LogP) is 4.05. The molecule has 0 aromatic heterocycles. The summed E-state index contributed by atoms with van der Waals surface area (Å²) >= 11 is 0. The maximum Gasteiger partial charge on any atom is 0.319 e. The van der Waals surface area contributed by atoms with Crippen LogP contribution in [0.2, 0.25) is 0 Å². The Labute approximate surface area is 178 Å². The van der Waals surface area contributed by atoms with Gasteiger partial charge in [-0.25, -0.2) is 4.79 Å². The first-order valence-corrected chi connectivity index (χ1v) is 10.3. The van der Waals surface area contributed by atoms with Gasteiger partial charge in [0.25, 0.3) is 5.91 Å². The number of ether oxygens (including phenoxy) is 1. The van der Waals surface area contributed by atoms with E-state index in [9.17, 15) is 9.59 Å². The molecule has 1 aliphatic rings. The van der Waals surface area contributed by atoms with E-state index in [0.29, 0.717) is 38.1 Å². The van der Waals surface area contributed by atoms with Crippen LogP contribution in [0.25, 0.3) is 0 Å². The van der Waals surface area contributed by atoms with Crippen molar-refractivity contribution in [3.05, 3.63) is 64.7 Å². The van der Waals surface area contributed by atoms with E-state index in [0.717, 1.165) is 22.4 Å². The first-order chi connectivity index (χ1) is 14.3. The van der Waals surface area contributed by atoms with Crippen LogP contribution in [0.1, 0.15) is 39.9 Å². The van der Waals surface area contributed by atoms with Crippen LogP contribution >= 0.6 is 0 Å². The van der Waals surface area contributed by atoms with Gasteiger partial charge in [-0.15, -0.1) is 0 Å². The van der Waals surface area contributed by atoms with Crippen LogP contribution in [-0.4, -0.2) is 49.2 Å². The minimum absolute atomic E-state index is 0.00159. The smallest absolute Gasteiger partial charge is 0.319 e. The van der Waals surface area contributed by atoms with E-state index in [1.54, 1.807) is 7.11 Å². The molecule has 0 spiro atoms. The van der Waals surface area contributed by atoms with Crippen LogP contribution < -0.4 is 10.6 Å². The van der Waals surface area contributed by atoms with E-state index < -0.39 is 5.54 Å². The molecule has 0 aliphatic carbocycles. The normalized spacial score (nSPS) is 18.3. The highest BCUT2D eigenvalue weighted by Crippen LogP contribution is 2.27. The standard InChI is InChI=1S/C24H31N3O3/c1-17-6-5-7-21(14-17)25-23(29)26-24(11-13-30-4)10-12-27(16-24)22(28)20-9-8-18(2)19(3)15-20/h5-9,14-15H,10-13,16H2,1-4H3,(H2,25,26,29). The minimum Gasteiger partial charge on any atom is -0.385 e. The number of likely N-dealkylation sites (tertiary alicyclic amines) is 1. The number of carbonyl (C=O) groups is 2. The zero-order chi connectivity index (χ0) is 21.7. The molecule has 1 fully saturated rings. The number of aryl methyl sites for hydroxylation is 3. The number of rotatable bonds is 6. The van der Waals surface area contributed by atoms with Crippen molar-refractivity contribution in [3.8, 4) is 0 Å². The summed E-state index contributed by atoms with van der Waals surface area (Å²) in [6, 6.07) is 13.2. The maximum absolute atomic E-state index is 13.1. The Kier molecular flexibility index (Phi) is 6.77. The zero-order valence-electron chi connectivity index (χ0n) is 18.2. The Bertz CT molecular complexity index is 928. The van der Waals surface area contributed by atoms with Crippen molar-refractivity contribution in [2.45, 2.75) is 39.2 Å². The van der Waals surface area contributed by atoms with Crippen molar-refractivity contribution in [1.29, 1.82) is 0 Å². The Morgan fingerprint density at radius 3 is 2.60 bits per heavy atom. The summed E-state index contributed by atoms with van der Waals surface area (Å²) < 4.78 is 5.28. The van der Waals surface area contributed by atoms with Gasteiger partial charge in [-0.05, 0) is 74.6 Å². The van der Waals surface area contributed by atoms with Gasteiger partial charge in [-0.2, -0.15) is 0 Å². The summed E-state index contributed by atoms with van der Waals surface area (Å²) in [4.78, 5) is 27.6. The summed E-state index contributed by atoms with van der Waals surface area (Å²) in [6.45, 7) is 7.60. The Morgan fingerprint density at radius 1 is 1.10 bits per heavy atom. The zero-order valence-corrected chi connectivity index (χ0v) is 18.2. The fraction of sp³-hybridized carbons (Fsp3) is 0.417. The Morgan fingerprint density at radius 2 is 1.90 bits per heavy atom. The first kappa shape index (κ1) is 21.8. The second kappa shape index (κ2) is 9.30.